The molecule has 9 nitrogen and oxygen atoms in total. The number of nitrogens with two attached hydrogens (primary N) is 1. The fourth-order valence-electron chi connectivity index (χ4n) is 5.45. The monoisotopic (exact) mass is 509 g/mol. The largest absolute Gasteiger partial charge is 0.398 e. The predicted molar refractivity (Wildman–Crippen MR) is 141 cm³/mol. The van der Waals surface area contributed by atoms with Crippen LogP contribution in [0.4, 0.5) is 5.69 Å². The number of unbranched alkanes of at least 4 members (excludes halogenated alkanes) is 2. The van der Waals surface area contributed by atoms with Gasteiger partial charge in [-0.05, 0) is 64.3 Å². The summed E-state index contributed by atoms with van der Waals surface area (Å²) < 4.78 is 0. The number of likely N-dealkylation sites (tertiary alicyclic amines) is 2. The van der Waals surface area contributed by atoms with Gasteiger partial charge in [0.05, 0.1) is 0 Å². The fourth-order valence-corrected chi connectivity index (χ4v) is 5.45. The molecule has 200 valence electrons. The minimum atomic E-state index is -0.623. The highest BCUT2D eigenvalue weighted by atomic mass is 16.2. The first-order valence-electron chi connectivity index (χ1n) is 13.5. The van der Waals surface area contributed by atoms with Crippen molar-refractivity contribution in [3.8, 4) is 0 Å². The number of likely N-dealkylation sites (N-methyl/N-ethyl adjacent to an activating group) is 1. The smallest absolute Gasteiger partial charge is 0.255 e. The van der Waals surface area contributed by atoms with Crippen molar-refractivity contribution < 1.29 is 19.2 Å². The number of hydrogen-bond acceptors (Lipinski definition) is 6. The summed E-state index contributed by atoms with van der Waals surface area (Å²) in [4.78, 5) is 57.8. The lowest BCUT2D eigenvalue weighted by Gasteiger charge is -2.35. The minimum Gasteiger partial charge on any atom is -0.398 e. The van der Waals surface area contributed by atoms with Crippen molar-refractivity contribution in [3.63, 3.8) is 0 Å². The molecule has 3 heterocycles. The number of anilines is 1. The van der Waals surface area contributed by atoms with E-state index in [2.05, 4.69) is 4.90 Å². The van der Waals surface area contributed by atoms with Crippen LogP contribution in [0.25, 0.3) is 0 Å². The van der Waals surface area contributed by atoms with E-state index in [9.17, 15) is 19.2 Å². The Hall–Kier alpha value is -3.20. The molecule has 3 aliphatic rings. The van der Waals surface area contributed by atoms with Gasteiger partial charge in [0.1, 0.15) is 6.04 Å². The van der Waals surface area contributed by atoms with E-state index in [4.69, 9.17) is 5.73 Å². The molecule has 1 atom stereocenters. The number of amides is 4. The normalized spacial score (nSPS) is 20.4. The van der Waals surface area contributed by atoms with Crippen molar-refractivity contribution in [2.75, 3.05) is 45.5 Å². The number of imide groups is 1. The Morgan fingerprint density at radius 1 is 1.11 bits per heavy atom. The van der Waals surface area contributed by atoms with Crippen molar-refractivity contribution in [1.29, 1.82) is 0 Å². The SMILES string of the molecule is CN(C/C=C/C(=O)N1CCCCC1)CCCCCN1C(=O)CCC(N2Cc3c(N)cccc3C2=O)C1=O. The zero-order chi connectivity index (χ0) is 26.4. The van der Waals surface area contributed by atoms with Gasteiger partial charge in [-0.2, -0.15) is 0 Å². The first kappa shape index (κ1) is 26.9. The molecule has 3 aliphatic heterocycles. The maximum atomic E-state index is 13.2. The summed E-state index contributed by atoms with van der Waals surface area (Å²) in [5.41, 5.74) is 7.91. The number of nitrogen functional groups attached to an aromatic ring is 1. The maximum Gasteiger partial charge on any atom is 0.255 e. The molecule has 0 bridgehead atoms. The molecule has 0 radical (unpaired) electrons. The molecule has 0 saturated carbocycles. The second kappa shape index (κ2) is 12.4. The van der Waals surface area contributed by atoms with Crippen LogP contribution in [0.5, 0.6) is 0 Å². The minimum absolute atomic E-state index is 0.102. The second-order valence-electron chi connectivity index (χ2n) is 10.4. The van der Waals surface area contributed by atoms with Gasteiger partial charge in [0.25, 0.3) is 11.8 Å². The van der Waals surface area contributed by atoms with E-state index >= 15 is 0 Å². The van der Waals surface area contributed by atoms with Crippen molar-refractivity contribution in [2.24, 2.45) is 0 Å². The Morgan fingerprint density at radius 3 is 2.65 bits per heavy atom. The lowest BCUT2D eigenvalue weighted by molar-refractivity contribution is -0.152. The fraction of sp³-hybridized carbons (Fsp3) is 0.571. The van der Waals surface area contributed by atoms with Gasteiger partial charge in [-0.1, -0.05) is 18.6 Å². The van der Waals surface area contributed by atoms with Crippen LogP contribution in [0.2, 0.25) is 0 Å². The van der Waals surface area contributed by atoms with Crippen LogP contribution >= 0.6 is 0 Å². The third kappa shape index (κ3) is 6.39. The van der Waals surface area contributed by atoms with Crippen molar-refractivity contribution in [3.05, 3.63) is 41.5 Å². The molecule has 4 rings (SSSR count). The Labute approximate surface area is 219 Å². The maximum absolute atomic E-state index is 13.2. The molecular formula is C28H39N5O4. The van der Waals surface area contributed by atoms with Gasteiger partial charge in [0, 0.05) is 62.0 Å². The van der Waals surface area contributed by atoms with E-state index in [1.165, 1.54) is 11.3 Å². The van der Waals surface area contributed by atoms with Crippen molar-refractivity contribution in [2.45, 2.75) is 64.0 Å². The topological polar surface area (TPSA) is 107 Å². The van der Waals surface area contributed by atoms with Crippen LogP contribution in [-0.2, 0) is 20.9 Å². The molecule has 4 amide bonds. The third-order valence-corrected chi connectivity index (χ3v) is 7.66. The summed E-state index contributed by atoms with van der Waals surface area (Å²) in [6, 6.07) is 4.63. The highest BCUT2D eigenvalue weighted by Gasteiger charge is 2.42. The van der Waals surface area contributed by atoms with Gasteiger partial charge in [-0.3, -0.25) is 24.1 Å². The molecule has 0 aromatic heterocycles. The first-order valence-corrected chi connectivity index (χ1v) is 13.5. The lowest BCUT2D eigenvalue weighted by Crippen LogP contribution is -2.54. The highest BCUT2D eigenvalue weighted by molar-refractivity contribution is 6.06. The highest BCUT2D eigenvalue weighted by Crippen LogP contribution is 2.32. The van der Waals surface area contributed by atoms with E-state index in [-0.39, 0.29) is 30.0 Å². The number of hydrogen-bond donors (Lipinski definition) is 1. The van der Waals surface area contributed by atoms with E-state index in [0.29, 0.717) is 37.3 Å². The number of carbonyl (C=O) groups is 4. The summed E-state index contributed by atoms with van der Waals surface area (Å²) >= 11 is 0. The molecule has 1 unspecified atom stereocenters. The Morgan fingerprint density at radius 2 is 1.89 bits per heavy atom. The molecule has 1 aromatic rings. The Kier molecular flexibility index (Phi) is 8.97. The summed E-state index contributed by atoms with van der Waals surface area (Å²) in [6.07, 6.45) is 10.2. The number of rotatable bonds is 10. The van der Waals surface area contributed by atoms with Gasteiger partial charge in [-0.15, -0.1) is 0 Å². The van der Waals surface area contributed by atoms with E-state index in [1.54, 1.807) is 29.2 Å². The van der Waals surface area contributed by atoms with Crippen LogP contribution in [0.15, 0.2) is 30.4 Å². The second-order valence-corrected chi connectivity index (χ2v) is 10.4. The van der Waals surface area contributed by atoms with Gasteiger partial charge in [-0.25, -0.2) is 0 Å². The lowest BCUT2D eigenvalue weighted by atomic mass is 10.0. The quantitative estimate of drug-likeness (QED) is 0.225. The molecule has 2 saturated heterocycles. The molecular weight excluding hydrogens is 470 g/mol. The van der Waals surface area contributed by atoms with E-state index < -0.39 is 6.04 Å². The summed E-state index contributed by atoms with van der Waals surface area (Å²) in [7, 11) is 2.02. The molecule has 1 aromatic carbocycles. The molecule has 2 N–H and O–H groups in total. The Balaban J connectivity index is 1.18. The molecule has 9 heteroatoms. The Bertz CT molecular complexity index is 1050. The van der Waals surface area contributed by atoms with E-state index in [0.717, 1.165) is 57.3 Å². The number of carbonyl (C=O) groups excluding carboxylic acids is 4. The number of nitrogens with zero attached hydrogens (tertiary/aromatic N) is 4. The van der Waals surface area contributed by atoms with Crippen LogP contribution < -0.4 is 5.73 Å². The predicted octanol–water partition coefficient (Wildman–Crippen LogP) is 2.41. The summed E-state index contributed by atoms with van der Waals surface area (Å²) in [5.74, 6) is -0.530. The molecule has 0 aliphatic carbocycles. The van der Waals surface area contributed by atoms with Gasteiger partial charge < -0.3 is 20.4 Å². The van der Waals surface area contributed by atoms with Gasteiger partial charge >= 0.3 is 0 Å². The summed E-state index contributed by atoms with van der Waals surface area (Å²) in [6.45, 7) is 3.98. The average Bonchev–Trinajstić information content (AvgIpc) is 3.23. The van der Waals surface area contributed by atoms with Gasteiger partial charge in [0.2, 0.25) is 11.8 Å². The van der Waals surface area contributed by atoms with Crippen molar-refractivity contribution >= 4 is 29.3 Å². The molecule has 37 heavy (non-hydrogen) atoms. The summed E-state index contributed by atoms with van der Waals surface area (Å²) in [5, 5.41) is 0. The first-order chi connectivity index (χ1) is 17.9. The van der Waals surface area contributed by atoms with Gasteiger partial charge in [0.15, 0.2) is 0 Å². The van der Waals surface area contributed by atoms with Crippen molar-refractivity contribution in [1.82, 2.24) is 19.6 Å². The molecule has 2 fully saturated rings. The van der Waals surface area contributed by atoms with Crippen LogP contribution in [0.3, 0.4) is 0 Å². The third-order valence-electron chi connectivity index (χ3n) is 7.66. The standard InChI is InChI=1S/C28H39N5O4/c1-30(16-9-12-25(34)31-17-5-3-6-18-31)15-4-2-7-19-32-26(35)14-13-24(28(32)37)33-20-22-21(27(33)36)10-8-11-23(22)29/h8-12,24H,2-7,13-20,29H2,1H3/b12-9+. The number of piperidine rings is 2. The number of benzene rings is 1. The zero-order valence-corrected chi connectivity index (χ0v) is 21.9. The van der Waals surface area contributed by atoms with Crippen LogP contribution in [0, 0.1) is 0 Å². The average molecular weight is 510 g/mol. The number of fused-ring (bicyclic) bond motifs is 1. The molecule has 0 spiro atoms. The zero-order valence-electron chi connectivity index (χ0n) is 21.9. The van der Waals surface area contributed by atoms with Crippen LogP contribution in [-0.4, -0.2) is 89.0 Å². The van der Waals surface area contributed by atoms with E-state index in [1.807, 2.05) is 18.0 Å². The van der Waals surface area contributed by atoms with Crippen LogP contribution in [0.1, 0.15) is 67.3 Å².